The number of benzene rings is 1. The third-order valence-electron chi connectivity index (χ3n) is 6.36. The number of ether oxygens (including phenoxy) is 3. The number of rotatable bonds is 8. The van der Waals surface area contributed by atoms with Crippen molar-refractivity contribution in [2.75, 3.05) is 26.1 Å². The molecule has 0 spiro atoms. The van der Waals surface area contributed by atoms with Crippen molar-refractivity contribution in [3.05, 3.63) is 40.5 Å². The number of hydrogen-bond acceptors (Lipinski definition) is 9. The second-order valence-electron chi connectivity index (χ2n) is 8.35. The van der Waals surface area contributed by atoms with E-state index in [4.69, 9.17) is 18.7 Å². The van der Waals surface area contributed by atoms with Crippen molar-refractivity contribution in [1.29, 1.82) is 0 Å². The van der Waals surface area contributed by atoms with E-state index >= 15 is 0 Å². The van der Waals surface area contributed by atoms with Gasteiger partial charge in [0.05, 0.1) is 37.6 Å². The Morgan fingerprint density at radius 1 is 1.21 bits per heavy atom. The first-order valence-electron chi connectivity index (χ1n) is 11.2. The predicted octanol–water partition coefficient (Wildman–Crippen LogP) is 4.08. The number of hydrogen-bond donors (Lipinski definition) is 1. The minimum Gasteiger partial charge on any atom is -0.493 e. The number of nitrogens with one attached hydrogen (secondary N) is 1. The Labute approximate surface area is 200 Å². The van der Waals surface area contributed by atoms with Crippen LogP contribution in [0.4, 0.5) is 5.13 Å². The molecule has 34 heavy (non-hydrogen) atoms. The van der Waals surface area contributed by atoms with E-state index in [0.717, 1.165) is 22.6 Å². The molecule has 9 nitrogen and oxygen atoms in total. The van der Waals surface area contributed by atoms with E-state index < -0.39 is 5.41 Å². The molecule has 0 aliphatic heterocycles. The summed E-state index contributed by atoms with van der Waals surface area (Å²) in [7, 11) is 3.15. The summed E-state index contributed by atoms with van der Waals surface area (Å²) in [5.74, 6) is 0.958. The summed E-state index contributed by atoms with van der Waals surface area (Å²) in [6.07, 6.45) is 2.80. The quantitative estimate of drug-likeness (QED) is 0.477. The molecule has 0 bridgehead atoms. The van der Waals surface area contributed by atoms with Gasteiger partial charge in [0.25, 0.3) is 0 Å². The zero-order valence-corrected chi connectivity index (χ0v) is 20.0. The Morgan fingerprint density at radius 2 is 2.00 bits per heavy atom. The van der Waals surface area contributed by atoms with Gasteiger partial charge >= 0.3 is 5.97 Å². The van der Waals surface area contributed by atoms with Gasteiger partial charge in [0, 0.05) is 16.5 Å². The van der Waals surface area contributed by atoms with E-state index in [0.29, 0.717) is 54.0 Å². The topological polar surface area (TPSA) is 113 Å². The molecule has 5 rings (SSSR count). The molecule has 1 amide bonds. The van der Waals surface area contributed by atoms with E-state index in [1.165, 1.54) is 11.3 Å². The molecule has 2 aliphatic carbocycles. The van der Waals surface area contributed by atoms with Crippen LogP contribution in [-0.2, 0) is 26.2 Å². The molecule has 1 saturated carbocycles. The molecule has 2 aromatic heterocycles. The molecule has 1 fully saturated rings. The second-order valence-corrected chi connectivity index (χ2v) is 9.44. The fourth-order valence-electron chi connectivity index (χ4n) is 4.32. The average Bonchev–Trinajstić information content (AvgIpc) is 3.15. The van der Waals surface area contributed by atoms with E-state index in [-0.39, 0.29) is 17.8 Å². The molecule has 2 aliphatic rings. The third-order valence-corrected chi connectivity index (χ3v) is 7.41. The Kier molecular flexibility index (Phi) is 5.76. The van der Waals surface area contributed by atoms with Gasteiger partial charge in [-0.15, -0.1) is 11.3 Å². The Morgan fingerprint density at radius 3 is 2.71 bits per heavy atom. The Hall–Kier alpha value is -3.40. The van der Waals surface area contributed by atoms with E-state index in [1.54, 1.807) is 39.3 Å². The molecule has 1 aromatic carbocycles. The maximum absolute atomic E-state index is 13.2. The van der Waals surface area contributed by atoms with Crippen molar-refractivity contribution in [1.82, 2.24) is 10.1 Å². The highest BCUT2D eigenvalue weighted by atomic mass is 32.1. The van der Waals surface area contributed by atoms with Gasteiger partial charge in [0.1, 0.15) is 5.92 Å². The highest BCUT2D eigenvalue weighted by Gasteiger charge is 2.54. The van der Waals surface area contributed by atoms with Gasteiger partial charge in [0.2, 0.25) is 5.91 Å². The number of nitrogens with zero attached hydrogens (tertiary/aromatic N) is 2. The molecule has 2 heterocycles. The maximum atomic E-state index is 13.2. The Balaban J connectivity index is 1.33. The van der Waals surface area contributed by atoms with Crippen molar-refractivity contribution in [2.45, 2.75) is 43.9 Å². The van der Waals surface area contributed by atoms with Gasteiger partial charge in [-0.2, -0.15) is 0 Å². The summed E-state index contributed by atoms with van der Waals surface area (Å²) in [5.41, 5.74) is 1.34. The van der Waals surface area contributed by atoms with Gasteiger partial charge < -0.3 is 24.1 Å². The number of anilines is 1. The lowest BCUT2D eigenvalue weighted by atomic mass is 10.0. The fraction of sp³-hybridized carbons (Fsp3) is 0.417. The number of esters is 1. The number of aromatic nitrogens is 2. The van der Waals surface area contributed by atoms with Crippen LogP contribution in [0, 0.1) is 0 Å². The molecule has 1 atom stereocenters. The highest BCUT2D eigenvalue weighted by molar-refractivity contribution is 7.16. The van der Waals surface area contributed by atoms with Crippen LogP contribution in [0.2, 0.25) is 0 Å². The van der Waals surface area contributed by atoms with E-state index in [1.807, 2.05) is 6.07 Å². The van der Waals surface area contributed by atoms with Crippen LogP contribution in [0.3, 0.4) is 0 Å². The van der Waals surface area contributed by atoms with Gasteiger partial charge in [-0.05, 0) is 50.8 Å². The largest absolute Gasteiger partial charge is 0.493 e. The molecule has 10 heteroatoms. The Bertz CT molecular complexity index is 1250. The fourth-order valence-corrected chi connectivity index (χ4v) is 5.35. The molecular formula is C24H25N3O6S. The van der Waals surface area contributed by atoms with E-state index in [2.05, 4.69) is 15.5 Å². The smallest absolute Gasteiger partial charge is 0.315 e. The number of carbonyl (C=O) groups excluding carboxylic acids is 2. The molecule has 1 unspecified atom stereocenters. The van der Waals surface area contributed by atoms with E-state index in [9.17, 15) is 9.59 Å². The van der Waals surface area contributed by atoms with Crippen LogP contribution in [0.15, 0.2) is 28.8 Å². The van der Waals surface area contributed by atoms with Gasteiger partial charge in [-0.3, -0.25) is 9.59 Å². The first kappa shape index (κ1) is 22.4. The molecule has 178 valence electrons. The van der Waals surface area contributed by atoms with Crippen molar-refractivity contribution >= 4 is 28.3 Å². The van der Waals surface area contributed by atoms with Crippen LogP contribution in [0.25, 0.3) is 11.3 Å². The van der Waals surface area contributed by atoms with Crippen LogP contribution >= 0.6 is 11.3 Å². The van der Waals surface area contributed by atoms with Crippen LogP contribution in [0.1, 0.15) is 48.4 Å². The first-order chi connectivity index (χ1) is 16.5. The number of methoxy groups -OCH3 is 2. The van der Waals surface area contributed by atoms with Crippen molar-refractivity contribution in [3.63, 3.8) is 0 Å². The maximum Gasteiger partial charge on any atom is 0.315 e. The number of thiazole rings is 1. The standard InChI is InChI=1S/C24H25N3O6S/c1-4-32-21(28)14-6-8-18-20(14)25-23(34-18)26-22(29)24(9-10-24)19-12-16(33-27-19)13-5-7-15(30-2)17(11-13)31-3/h5,7,11-12,14H,4,6,8-10H2,1-3H3,(H,25,26,29). The average molecular weight is 484 g/mol. The van der Waals surface area contributed by atoms with Crippen molar-refractivity contribution < 1.29 is 28.3 Å². The number of aryl methyl sites for hydroxylation is 1. The lowest BCUT2D eigenvalue weighted by Crippen LogP contribution is -2.28. The van der Waals surface area contributed by atoms with Gasteiger partial charge in [0.15, 0.2) is 22.4 Å². The summed E-state index contributed by atoms with van der Waals surface area (Å²) < 4.78 is 21.4. The minimum atomic E-state index is -0.741. The molecule has 0 saturated heterocycles. The summed E-state index contributed by atoms with van der Waals surface area (Å²) in [6.45, 7) is 2.12. The van der Waals surface area contributed by atoms with Crippen LogP contribution in [-0.4, -0.2) is 42.8 Å². The third kappa shape index (κ3) is 3.81. The van der Waals surface area contributed by atoms with Gasteiger partial charge in [-0.25, -0.2) is 4.98 Å². The predicted molar refractivity (Wildman–Crippen MR) is 124 cm³/mol. The number of fused-ring (bicyclic) bond motifs is 1. The second kappa shape index (κ2) is 8.75. The summed E-state index contributed by atoms with van der Waals surface area (Å²) in [6, 6.07) is 7.25. The lowest BCUT2D eigenvalue weighted by molar-refractivity contribution is -0.145. The lowest BCUT2D eigenvalue weighted by Gasteiger charge is -2.11. The zero-order chi connectivity index (χ0) is 23.9. The number of amides is 1. The summed E-state index contributed by atoms with van der Waals surface area (Å²) in [4.78, 5) is 31.0. The van der Waals surface area contributed by atoms with Crippen LogP contribution < -0.4 is 14.8 Å². The summed E-state index contributed by atoms with van der Waals surface area (Å²) in [5, 5.41) is 7.65. The summed E-state index contributed by atoms with van der Waals surface area (Å²) >= 11 is 1.42. The highest BCUT2D eigenvalue weighted by Crippen LogP contribution is 2.50. The monoisotopic (exact) mass is 483 g/mol. The normalized spacial score (nSPS) is 17.7. The van der Waals surface area contributed by atoms with Crippen LogP contribution in [0.5, 0.6) is 11.5 Å². The van der Waals surface area contributed by atoms with Crippen molar-refractivity contribution in [2.24, 2.45) is 0 Å². The van der Waals surface area contributed by atoms with Gasteiger partial charge in [-0.1, -0.05) is 5.16 Å². The number of carbonyl (C=O) groups is 2. The zero-order valence-electron chi connectivity index (χ0n) is 19.2. The first-order valence-corrected chi connectivity index (χ1v) is 12.0. The van der Waals surface area contributed by atoms with Crippen molar-refractivity contribution in [3.8, 4) is 22.8 Å². The molecular weight excluding hydrogens is 458 g/mol. The minimum absolute atomic E-state index is 0.167. The molecule has 3 aromatic rings. The molecule has 0 radical (unpaired) electrons. The molecule has 1 N–H and O–H groups in total. The SMILES string of the molecule is CCOC(=O)C1CCc2sc(NC(=O)C3(c4cc(-c5ccc(OC)c(OC)c5)on4)CC3)nc21.